The van der Waals surface area contributed by atoms with Crippen molar-refractivity contribution in [3.8, 4) is 11.3 Å². The number of anilines is 1. The van der Waals surface area contributed by atoms with Gasteiger partial charge in [0, 0.05) is 37.8 Å². The van der Waals surface area contributed by atoms with E-state index in [4.69, 9.17) is 21.4 Å². The Hall–Kier alpha value is -2.83. The molecule has 6 nitrogen and oxygen atoms in total. The molecule has 7 heteroatoms. The quantitative estimate of drug-likeness (QED) is 0.367. The molecule has 2 aromatic heterocycles. The Morgan fingerprint density at radius 3 is 2.79 bits per heavy atom. The molecule has 0 fully saturated rings. The molecular formula is C22H26ClN5O. The fraction of sp³-hybridized carbons (Fsp3) is 0.273. The Morgan fingerprint density at radius 2 is 2.00 bits per heavy atom. The summed E-state index contributed by atoms with van der Waals surface area (Å²) in [5.41, 5.74) is 5.46. The number of aliphatic imine (C=N–C) groups is 1. The first-order chi connectivity index (χ1) is 14.2. The lowest BCUT2D eigenvalue weighted by atomic mass is 10.0. The second-order valence-electron chi connectivity index (χ2n) is 6.22. The summed E-state index contributed by atoms with van der Waals surface area (Å²) in [4.78, 5) is 6.19. The lowest BCUT2D eigenvalue weighted by molar-refractivity contribution is 0.221. The molecule has 1 aromatic carbocycles. The first-order valence-electron chi connectivity index (χ1n) is 9.60. The molecule has 1 unspecified atom stereocenters. The van der Waals surface area contributed by atoms with Crippen LogP contribution < -0.4 is 5.32 Å². The third kappa shape index (κ3) is 4.28. The average Bonchev–Trinajstić information content (AvgIpc) is 3.15. The molecule has 29 heavy (non-hydrogen) atoms. The van der Waals surface area contributed by atoms with Crippen molar-refractivity contribution >= 4 is 34.7 Å². The van der Waals surface area contributed by atoms with E-state index >= 15 is 0 Å². The van der Waals surface area contributed by atoms with E-state index < -0.39 is 5.62 Å². The zero-order valence-electron chi connectivity index (χ0n) is 17.1. The predicted octanol–water partition coefficient (Wildman–Crippen LogP) is 4.92. The van der Waals surface area contributed by atoms with Crippen LogP contribution in [0.2, 0.25) is 0 Å². The van der Waals surface area contributed by atoms with Crippen LogP contribution in [0.1, 0.15) is 19.4 Å². The molecule has 4 rings (SSSR count). The summed E-state index contributed by atoms with van der Waals surface area (Å²) in [5, 5.41) is 8.07. The van der Waals surface area contributed by atoms with E-state index in [0.29, 0.717) is 6.73 Å². The van der Waals surface area contributed by atoms with Crippen molar-refractivity contribution in [3.05, 3.63) is 60.3 Å². The molecule has 1 aliphatic rings. The van der Waals surface area contributed by atoms with Crippen LogP contribution in [-0.4, -0.2) is 47.2 Å². The molecule has 3 aromatic rings. The number of benzene rings is 1. The zero-order valence-corrected chi connectivity index (χ0v) is 17.9. The molecule has 1 N–H and O–H groups in total. The Morgan fingerprint density at radius 1 is 1.17 bits per heavy atom. The monoisotopic (exact) mass is 411 g/mol. The van der Waals surface area contributed by atoms with E-state index in [0.717, 1.165) is 33.7 Å². The van der Waals surface area contributed by atoms with Crippen molar-refractivity contribution in [2.75, 3.05) is 26.2 Å². The largest absolute Gasteiger partial charge is 0.365 e. The molecule has 1 atom stereocenters. The molecule has 0 amide bonds. The van der Waals surface area contributed by atoms with Crippen LogP contribution >= 0.6 is 11.6 Å². The number of pyridine rings is 1. The Labute approximate surface area is 176 Å². The predicted molar refractivity (Wildman–Crippen MR) is 121 cm³/mol. The Balaban J connectivity index is 0.00000117. The van der Waals surface area contributed by atoms with Gasteiger partial charge in [-0.05, 0) is 30.3 Å². The number of ether oxygens (including phenoxy) is 1. The second kappa shape index (κ2) is 9.58. The molecule has 0 bridgehead atoms. The summed E-state index contributed by atoms with van der Waals surface area (Å²) >= 11 is 6.35. The third-order valence-electron chi connectivity index (χ3n) is 4.49. The Bertz CT molecular complexity index is 1030. The SMILES string of the molecule is CC.COCNc1cccc(-c2nn3ccccc3c2C2=CC=NC(Cl)N2C)c1. The number of halogens is 1. The van der Waals surface area contributed by atoms with Crippen molar-refractivity contribution < 1.29 is 4.74 Å². The molecule has 1 aliphatic heterocycles. The van der Waals surface area contributed by atoms with Crippen LogP contribution in [0.5, 0.6) is 0 Å². The van der Waals surface area contributed by atoms with Gasteiger partial charge in [0.05, 0.1) is 16.8 Å². The van der Waals surface area contributed by atoms with Gasteiger partial charge in [0.1, 0.15) is 12.4 Å². The summed E-state index contributed by atoms with van der Waals surface area (Å²) in [6.07, 6.45) is 5.67. The molecule has 0 saturated carbocycles. The minimum Gasteiger partial charge on any atom is -0.365 e. The number of hydrogen-bond acceptors (Lipinski definition) is 5. The van der Waals surface area contributed by atoms with Crippen molar-refractivity contribution in [1.82, 2.24) is 14.5 Å². The normalized spacial score (nSPS) is 15.7. The van der Waals surface area contributed by atoms with Gasteiger partial charge in [-0.3, -0.25) is 4.99 Å². The van der Waals surface area contributed by atoms with Gasteiger partial charge in [0.2, 0.25) is 0 Å². The van der Waals surface area contributed by atoms with Crippen LogP contribution in [0, 0.1) is 0 Å². The highest BCUT2D eigenvalue weighted by Gasteiger charge is 2.24. The number of hydrogen-bond donors (Lipinski definition) is 1. The summed E-state index contributed by atoms with van der Waals surface area (Å²) in [7, 11) is 3.60. The highest BCUT2D eigenvalue weighted by Crippen LogP contribution is 2.36. The van der Waals surface area contributed by atoms with Crippen LogP contribution in [0.15, 0.2) is 59.7 Å². The van der Waals surface area contributed by atoms with E-state index in [1.807, 2.05) is 66.8 Å². The zero-order chi connectivity index (χ0) is 20.8. The number of methoxy groups -OCH3 is 1. The molecular weight excluding hydrogens is 386 g/mol. The maximum absolute atomic E-state index is 6.35. The lowest BCUT2D eigenvalue weighted by Gasteiger charge is -2.27. The lowest BCUT2D eigenvalue weighted by Crippen LogP contribution is -2.26. The fourth-order valence-corrected chi connectivity index (χ4v) is 3.33. The molecule has 3 heterocycles. The van der Waals surface area contributed by atoms with E-state index in [1.165, 1.54) is 0 Å². The number of nitrogens with one attached hydrogen (secondary N) is 1. The van der Waals surface area contributed by atoms with Crippen LogP contribution in [0.25, 0.3) is 22.5 Å². The number of alkyl halides is 1. The molecule has 0 saturated heterocycles. The number of allylic oxidation sites excluding steroid dienone is 1. The minimum atomic E-state index is -0.439. The summed E-state index contributed by atoms with van der Waals surface area (Å²) < 4.78 is 7.00. The van der Waals surface area contributed by atoms with Crippen LogP contribution in [0.3, 0.4) is 0 Å². The van der Waals surface area contributed by atoms with Gasteiger partial charge in [-0.2, -0.15) is 5.10 Å². The average molecular weight is 412 g/mol. The number of fused-ring (bicyclic) bond motifs is 1. The van der Waals surface area contributed by atoms with E-state index in [1.54, 1.807) is 13.3 Å². The smallest absolute Gasteiger partial charge is 0.197 e. The molecule has 152 valence electrons. The molecule has 0 aliphatic carbocycles. The first-order valence-corrected chi connectivity index (χ1v) is 10.0. The van der Waals surface area contributed by atoms with E-state index in [2.05, 4.69) is 28.5 Å². The van der Waals surface area contributed by atoms with Gasteiger partial charge in [0.25, 0.3) is 0 Å². The highest BCUT2D eigenvalue weighted by atomic mass is 35.5. The fourth-order valence-electron chi connectivity index (χ4n) is 3.16. The van der Waals surface area contributed by atoms with Crippen LogP contribution in [-0.2, 0) is 4.74 Å². The van der Waals surface area contributed by atoms with Gasteiger partial charge in [0.15, 0.2) is 5.62 Å². The highest BCUT2D eigenvalue weighted by molar-refractivity contribution is 6.21. The number of aromatic nitrogens is 2. The third-order valence-corrected chi connectivity index (χ3v) is 4.90. The van der Waals surface area contributed by atoms with Crippen molar-refractivity contribution in [2.45, 2.75) is 19.5 Å². The summed E-state index contributed by atoms with van der Waals surface area (Å²) in [6.45, 7) is 4.44. The van der Waals surface area contributed by atoms with E-state index in [-0.39, 0.29) is 0 Å². The van der Waals surface area contributed by atoms with Gasteiger partial charge >= 0.3 is 0 Å². The van der Waals surface area contributed by atoms with Crippen molar-refractivity contribution in [2.24, 2.45) is 4.99 Å². The van der Waals surface area contributed by atoms with Crippen molar-refractivity contribution in [3.63, 3.8) is 0 Å². The molecule has 0 radical (unpaired) electrons. The van der Waals surface area contributed by atoms with Gasteiger partial charge in [-0.15, -0.1) is 0 Å². The summed E-state index contributed by atoms with van der Waals surface area (Å²) in [6, 6.07) is 14.2. The number of rotatable bonds is 5. The van der Waals surface area contributed by atoms with E-state index in [9.17, 15) is 0 Å². The number of nitrogens with zero attached hydrogens (tertiary/aromatic N) is 4. The second-order valence-corrected chi connectivity index (χ2v) is 6.61. The standard InChI is InChI=1S/C20H20ClN5O.C2H6/c1-25-16(9-10-22-20(25)21)18-17-8-3-4-11-26(17)24-19(18)14-6-5-7-15(12-14)23-13-27-2;1-2/h3-12,20,23H,13H2,1-2H3;1-2H3. The molecule has 0 spiro atoms. The van der Waals surface area contributed by atoms with Gasteiger partial charge < -0.3 is 15.0 Å². The Kier molecular flexibility index (Phi) is 6.90. The maximum Gasteiger partial charge on any atom is 0.197 e. The van der Waals surface area contributed by atoms with Crippen LogP contribution in [0.4, 0.5) is 5.69 Å². The summed E-state index contributed by atoms with van der Waals surface area (Å²) in [5.74, 6) is 0. The maximum atomic E-state index is 6.35. The van der Waals surface area contributed by atoms with Crippen molar-refractivity contribution in [1.29, 1.82) is 0 Å². The van der Waals surface area contributed by atoms with Gasteiger partial charge in [-0.25, -0.2) is 4.52 Å². The first kappa shape index (κ1) is 20.9. The minimum absolute atomic E-state index is 0.439. The topological polar surface area (TPSA) is 54.2 Å². The van der Waals surface area contributed by atoms with Gasteiger partial charge in [-0.1, -0.05) is 43.6 Å².